The number of hydrogen-bond acceptors (Lipinski definition) is 6. The standard InChI is InChI=1S/C27H28N2O6/c1-33-22-14-12-18(13-15-22)24(25(30)28-20-8-3-4-9-20)29(26(31)23-11-6-16-35-23)21-10-5-7-19(17-21)27(32)34-2/h5-7,10-17,20,24H,3-4,8-9H2,1-2H3,(H,28,30)/t24-/m1/s1. The van der Waals surface area contributed by atoms with Gasteiger partial charge in [0, 0.05) is 11.7 Å². The van der Waals surface area contributed by atoms with E-state index in [1.54, 1.807) is 61.7 Å². The maximum atomic E-state index is 13.8. The van der Waals surface area contributed by atoms with Gasteiger partial charge in [-0.05, 0) is 60.9 Å². The molecule has 0 aliphatic heterocycles. The van der Waals surface area contributed by atoms with Crippen molar-refractivity contribution in [1.29, 1.82) is 0 Å². The van der Waals surface area contributed by atoms with Crippen LogP contribution in [0.2, 0.25) is 0 Å². The van der Waals surface area contributed by atoms with Gasteiger partial charge in [-0.2, -0.15) is 0 Å². The summed E-state index contributed by atoms with van der Waals surface area (Å²) in [6.45, 7) is 0. The maximum Gasteiger partial charge on any atom is 0.337 e. The molecule has 1 saturated carbocycles. The van der Waals surface area contributed by atoms with Crippen molar-refractivity contribution in [1.82, 2.24) is 5.32 Å². The third-order valence-electron chi connectivity index (χ3n) is 6.14. The van der Waals surface area contributed by atoms with Gasteiger partial charge in [0.1, 0.15) is 11.8 Å². The van der Waals surface area contributed by atoms with Gasteiger partial charge in [0.15, 0.2) is 5.76 Å². The Morgan fingerprint density at radius 2 is 1.74 bits per heavy atom. The lowest BCUT2D eigenvalue weighted by atomic mass is 10.0. The Labute approximate surface area is 203 Å². The van der Waals surface area contributed by atoms with Gasteiger partial charge in [-0.1, -0.05) is 31.0 Å². The van der Waals surface area contributed by atoms with E-state index in [0.29, 0.717) is 17.0 Å². The Bertz CT molecular complexity index is 1170. The molecule has 2 aromatic carbocycles. The molecule has 0 unspecified atom stereocenters. The van der Waals surface area contributed by atoms with Gasteiger partial charge in [-0.25, -0.2) is 4.79 Å². The summed E-state index contributed by atoms with van der Waals surface area (Å²) in [5.74, 6) is -0.681. The van der Waals surface area contributed by atoms with Crippen LogP contribution in [0.15, 0.2) is 71.3 Å². The molecule has 0 spiro atoms. The Kier molecular flexibility index (Phi) is 7.50. The van der Waals surface area contributed by atoms with E-state index in [1.165, 1.54) is 24.3 Å². The summed E-state index contributed by atoms with van der Waals surface area (Å²) < 4.78 is 15.5. The smallest absolute Gasteiger partial charge is 0.337 e. The Balaban J connectivity index is 1.83. The number of rotatable bonds is 8. The quantitative estimate of drug-likeness (QED) is 0.480. The Hall–Kier alpha value is -4.07. The van der Waals surface area contributed by atoms with Crippen molar-refractivity contribution >= 4 is 23.5 Å². The Morgan fingerprint density at radius 3 is 2.37 bits per heavy atom. The number of amides is 2. The number of ether oxygens (including phenoxy) is 2. The van der Waals surface area contributed by atoms with E-state index < -0.39 is 17.9 Å². The summed E-state index contributed by atoms with van der Waals surface area (Å²) in [5.41, 5.74) is 1.20. The normalized spacial score (nSPS) is 14.2. The lowest BCUT2D eigenvalue weighted by molar-refractivity contribution is -0.123. The largest absolute Gasteiger partial charge is 0.497 e. The molecule has 1 aliphatic rings. The lowest BCUT2D eigenvalue weighted by Gasteiger charge is -2.32. The number of carbonyl (C=O) groups excluding carboxylic acids is 3. The summed E-state index contributed by atoms with van der Waals surface area (Å²) in [6.07, 6.45) is 5.29. The van der Waals surface area contributed by atoms with Crippen molar-refractivity contribution in [2.24, 2.45) is 0 Å². The predicted octanol–water partition coefficient (Wildman–Crippen LogP) is 4.52. The SMILES string of the molecule is COC(=O)c1cccc(N(C(=O)c2ccco2)[C@@H](C(=O)NC2CCCC2)c2ccc(OC)cc2)c1. The van der Waals surface area contributed by atoms with Crippen LogP contribution in [0.1, 0.15) is 58.2 Å². The van der Waals surface area contributed by atoms with Crippen LogP contribution < -0.4 is 15.0 Å². The zero-order valence-electron chi connectivity index (χ0n) is 19.7. The molecule has 8 heteroatoms. The highest BCUT2D eigenvalue weighted by atomic mass is 16.5. The van der Waals surface area contributed by atoms with Gasteiger partial charge in [0.25, 0.3) is 5.91 Å². The first kappa shape index (κ1) is 24.1. The van der Waals surface area contributed by atoms with Crippen LogP contribution in [0.5, 0.6) is 5.75 Å². The topological polar surface area (TPSA) is 98.1 Å². The van der Waals surface area contributed by atoms with E-state index in [4.69, 9.17) is 13.9 Å². The highest BCUT2D eigenvalue weighted by molar-refractivity contribution is 6.09. The van der Waals surface area contributed by atoms with E-state index in [-0.39, 0.29) is 23.3 Å². The highest BCUT2D eigenvalue weighted by Crippen LogP contribution is 2.32. The van der Waals surface area contributed by atoms with Crippen LogP contribution in [0.25, 0.3) is 0 Å². The first-order valence-electron chi connectivity index (χ1n) is 11.5. The number of nitrogens with one attached hydrogen (secondary N) is 1. The molecule has 8 nitrogen and oxygen atoms in total. The number of benzene rings is 2. The van der Waals surface area contributed by atoms with E-state index in [1.807, 2.05) is 0 Å². The number of furan rings is 1. The molecule has 0 radical (unpaired) electrons. The predicted molar refractivity (Wildman–Crippen MR) is 129 cm³/mol. The van der Waals surface area contributed by atoms with E-state index in [0.717, 1.165) is 25.7 Å². The third kappa shape index (κ3) is 5.37. The number of methoxy groups -OCH3 is 2. The van der Waals surface area contributed by atoms with Crippen molar-refractivity contribution in [2.45, 2.75) is 37.8 Å². The second-order valence-electron chi connectivity index (χ2n) is 8.36. The molecular weight excluding hydrogens is 448 g/mol. The molecule has 1 atom stereocenters. The number of esters is 1. The molecule has 35 heavy (non-hydrogen) atoms. The van der Waals surface area contributed by atoms with E-state index in [2.05, 4.69) is 5.32 Å². The van der Waals surface area contributed by atoms with Crippen LogP contribution in [-0.2, 0) is 9.53 Å². The monoisotopic (exact) mass is 476 g/mol. The van der Waals surface area contributed by atoms with E-state index >= 15 is 0 Å². The van der Waals surface area contributed by atoms with Gasteiger partial charge in [0.05, 0.1) is 26.0 Å². The molecule has 1 N–H and O–H groups in total. The zero-order chi connectivity index (χ0) is 24.8. The van der Waals surface area contributed by atoms with E-state index in [9.17, 15) is 14.4 Å². The van der Waals surface area contributed by atoms with Gasteiger partial charge in [-0.15, -0.1) is 0 Å². The molecule has 1 heterocycles. The second kappa shape index (κ2) is 10.9. The number of nitrogens with zero attached hydrogens (tertiary/aromatic N) is 1. The fourth-order valence-electron chi connectivity index (χ4n) is 4.36. The fraction of sp³-hybridized carbons (Fsp3) is 0.296. The minimum atomic E-state index is -1.02. The van der Waals surface area contributed by atoms with Gasteiger partial charge in [0.2, 0.25) is 5.91 Å². The molecule has 4 rings (SSSR count). The molecule has 1 fully saturated rings. The third-order valence-corrected chi connectivity index (χ3v) is 6.14. The first-order valence-corrected chi connectivity index (χ1v) is 11.5. The summed E-state index contributed by atoms with van der Waals surface area (Å²) in [4.78, 5) is 41.1. The van der Waals surface area contributed by atoms with Gasteiger partial charge in [-0.3, -0.25) is 14.5 Å². The average Bonchev–Trinajstić information content (AvgIpc) is 3.61. The van der Waals surface area contributed by atoms with Crippen LogP contribution in [0.4, 0.5) is 5.69 Å². The molecule has 182 valence electrons. The van der Waals surface area contributed by atoms with Crippen LogP contribution in [0.3, 0.4) is 0 Å². The zero-order valence-corrected chi connectivity index (χ0v) is 19.7. The molecule has 3 aromatic rings. The lowest BCUT2D eigenvalue weighted by Crippen LogP contribution is -2.46. The Morgan fingerprint density at radius 1 is 1.00 bits per heavy atom. The molecular formula is C27H28N2O6. The molecule has 1 aliphatic carbocycles. The first-order chi connectivity index (χ1) is 17.0. The van der Waals surface area contributed by atoms with Crippen molar-refractivity contribution in [3.05, 3.63) is 83.8 Å². The molecule has 2 amide bonds. The fourth-order valence-corrected chi connectivity index (χ4v) is 4.36. The molecule has 0 bridgehead atoms. The highest BCUT2D eigenvalue weighted by Gasteiger charge is 2.36. The average molecular weight is 477 g/mol. The summed E-state index contributed by atoms with van der Waals surface area (Å²) in [5, 5.41) is 3.12. The summed E-state index contributed by atoms with van der Waals surface area (Å²) in [7, 11) is 2.85. The summed E-state index contributed by atoms with van der Waals surface area (Å²) in [6, 6.07) is 15.6. The van der Waals surface area contributed by atoms with Crippen LogP contribution in [-0.4, -0.2) is 38.0 Å². The summed E-state index contributed by atoms with van der Waals surface area (Å²) >= 11 is 0. The second-order valence-corrected chi connectivity index (χ2v) is 8.36. The number of hydrogen-bond donors (Lipinski definition) is 1. The number of carbonyl (C=O) groups is 3. The number of anilines is 1. The maximum absolute atomic E-state index is 13.8. The minimum Gasteiger partial charge on any atom is -0.497 e. The van der Waals surface area contributed by atoms with Crippen molar-refractivity contribution in [3.8, 4) is 5.75 Å². The van der Waals surface area contributed by atoms with Crippen LogP contribution in [0, 0.1) is 0 Å². The van der Waals surface area contributed by atoms with Gasteiger partial charge < -0.3 is 19.2 Å². The minimum absolute atomic E-state index is 0.0465. The van der Waals surface area contributed by atoms with Crippen LogP contribution >= 0.6 is 0 Å². The molecule has 1 aromatic heterocycles. The van der Waals surface area contributed by atoms with Crippen molar-refractivity contribution in [3.63, 3.8) is 0 Å². The van der Waals surface area contributed by atoms with Crippen molar-refractivity contribution < 1.29 is 28.3 Å². The van der Waals surface area contributed by atoms with Crippen molar-refractivity contribution in [2.75, 3.05) is 19.1 Å². The molecule has 0 saturated heterocycles. The van der Waals surface area contributed by atoms with Gasteiger partial charge >= 0.3 is 5.97 Å².